The van der Waals surface area contributed by atoms with Crippen LogP contribution in [0.4, 0.5) is 0 Å². The molecule has 0 aromatic heterocycles. The van der Waals surface area contributed by atoms with Crippen molar-refractivity contribution < 1.29 is 0 Å². The van der Waals surface area contributed by atoms with E-state index in [1.807, 2.05) is 12.1 Å². The van der Waals surface area contributed by atoms with Crippen LogP contribution in [0.15, 0.2) is 24.3 Å². The zero-order chi connectivity index (χ0) is 7.84. The molecule has 0 amide bonds. The van der Waals surface area contributed by atoms with Crippen molar-refractivity contribution in [3.63, 3.8) is 0 Å². The first-order valence-electron chi connectivity index (χ1n) is 3.67. The lowest BCUT2D eigenvalue weighted by Crippen LogP contribution is -1.79. The third kappa shape index (κ3) is 1.52. The number of hydrogen-bond acceptors (Lipinski definition) is 0. The first kappa shape index (κ1) is 7.45. The van der Waals surface area contributed by atoms with Gasteiger partial charge in [-0.2, -0.15) is 0 Å². The smallest absolute Gasteiger partial charge is 0.0411 e. The highest BCUT2D eigenvalue weighted by molar-refractivity contribution is 6.30. The van der Waals surface area contributed by atoms with Crippen LogP contribution < -0.4 is 0 Å². The predicted molar refractivity (Wildman–Crippen MR) is 48.5 cm³/mol. The number of hydrogen-bond donors (Lipinski definition) is 0. The van der Waals surface area contributed by atoms with E-state index in [2.05, 4.69) is 12.1 Å². The second-order valence-corrected chi connectivity index (χ2v) is 3.91. The minimum Gasteiger partial charge on any atom is -0.122 e. The van der Waals surface area contributed by atoms with Gasteiger partial charge >= 0.3 is 0 Å². The zero-order valence-corrected chi connectivity index (χ0v) is 7.44. The third-order valence-electron chi connectivity index (χ3n) is 2.01. The molecule has 0 heterocycles. The molecule has 0 nitrogen and oxygen atoms in total. The largest absolute Gasteiger partial charge is 0.122 e. The Morgan fingerprint density at radius 2 is 1.73 bits per heavy atom. The number of halogens is 2. The van der Waals surface area contributed by atoms with Crippen LogP contribution in [0, 0.1) is 0 Å². The summed E-state index contributed by atoms with van der Waals surface area (Å²) in [5, 5.41) is 1.15. The average molecular weight is 187 g/mol. The van der Waals surface area contributed by atoms with Crippen LogP contribution in [0.25, 0.3) is 0 Å². The molecule has 0 aliphatic heterocycles. The maximum Gasteiger partial charge on any atom is 0.0411 e. The summed E-state index contributed by atoms with van der Waals surface area (Å²) in [5.41, 5.74) is 1.31. The topological polar surface area (TPSA) is 0 Å². The molecule has 1 aromatic carbocycles. The second-order valence-electron chi connectivity index (χ2n) is 2.91. The SMILES string of the molecule is Clc1ccc(C2C[C@H]2Cl)cc1. The average Bonchev–Trinajstić information content (AvgIpc) is 2.69. The lowest BCUT2D eigenvalue weighted by atomic mass is 10.1. The van der Waals surface area contributed by atoms with Crippen molar-refractivity contribution in [3.8, 4) is 0 Å². The van der Waals surface area contributed by atoms with Gasteiger partial charge in [0, 0.05) is 16.3 Å². The molecule has 11 heavy (non-hydrogen) atoms. The molecule has 1 aliphatic rings. The highest BCUT2D eigenvalue weighted by atomic mass is 35.5. The first-order chi connectivity index (χ1) is 5.27. The molecule has 1 unspecified atom stereocenters. The summed E-state index contributed by atoms with van der Waals surface area (Å²) in [6.07, 6.45) is 1.11. The molecule has 0 bridgehead atoms. The maximum atomic E-state index is 5.89. The fraction of sp³-hybridized carbons (Fsp3) is 0.333. The Kier molecular flexibility index (Phi) is 1.82. The highest BCUT2D eigenvalue weighted by Crippen LogP contribution is 2.45. The van der Waals surface area contributed by atoms with E-state index in [0.717, 1.165) is 11.4 Å². The van der Waals surface area contributed by atoms with Gasteiger partial charge in [-0.25, -0.2) is 0 Å². The number of benzene rings is 1. The van der Waals surface area contributed by atoms with E-state index in [0.29, 0.717) is 11.3 Å². The van der Waals surface area contributed by atoms with Crippen LogP contribution in [0.1, 0.15) is 17.9 Å². The van der Waals surface area contributed by atoms with Gasteiger partial charge in [-0.3, -0.25) is 0 Å². The first-order valence-corrected chi connectivity index (χ1v) is 4.48. The fourth-order valence-corrected chi connectivity index (χ4v) is 1.68. The van der Waals surface area contributed by atoms with Crippen LogP contribution in [0.2, 0.25) is 5.02 Å². The molecule has 58 valence electrons. The van der Waals surface area contributed by atoms with Crippen molar-refractivity contribution in [2.45, 2.75) is 17.7 Å². The molecule has 1 aliphatic carbocycles. The standard InChI is InChI=1S/C9H8Cl2/c10-7-3-1-6(2-4-7)8-5-9(8)11/h1-4,8-9H,5H2/t8?,9-/m1/s1. The zero-order valence-electron chi connectivity index (χ0n) is 5.93. The second kappa shape index (κ2) is 2.69. The van der Waals surface area contributed by atoms with Crippen LogP contribution in [-0.2, 0) is 0 Å². The lowest BCUT2D eigenvalue weighted by molar-refractivity contribution is 1.13. The predicted octanol–water partition coefficient (Wildman–Crippen LogP) is 3.43. The molecule has 0 radical (unpaired) electrons. The molecule has 2 heteroatoms. The summed E-state index contributed by atoms with van der Waals surface area (Å²) >= 11 is 11.6. The van der Waals surface area contributed by atoms with Gasteiger partial charge < -0.3 is 0 Å². The molecule has 2 atom stereocenters. The van der Waals surface area contributed by atoms with Crippen molar-refractivity contribution in [1.29, 1.82) is 0 Å². The normalized spacial score (nSPS) is 28.5. The molecule has 0 N–H and O–H groups in total. The highest BCUT2D eigenvalue weighted by Gasteiger charge is 2.36. The summed E-state index contributed by atoms with van der Waals surface area (Å²) in [5.74, 6) is 0.578. The summed E-state index contributed by atoms with van der Waals surface area (Å²) in [7, 11) is 0. The van der Waals surface area contributed by atoms with Crippen molar-refractivity contribution >= 4 is 23.2 Å². The van der Waals surface area contributed by atoms with Crippen molar-refractivity contribution in [1.82, 2.24) is 0 Å². The van der Waals surface area contributed by atoms with E-state index in [4.69, 9.17) is 23.2 Å². The molecule has 1 aromatic rings. The Morgan fingerprint density at radius 3 is 2.18 bits per heavy atom. The molecule has 0 spiro atoms. The minimum atomic E-state index is 0.358. The van der Waals surface area contributed by atoms with Crippen LogP contribution >= 0.6 is 23.2 Å². The number of alkyl halides is 1. The Labute approximate surface area is 76.1 Å². The van der Waals surface area contributed by atoms with Crippen LogP contribution in [0.3, 0.4) is 0 Å². The van der Waals surface area contributed by atoms with Gasteiger partial charge in [0.2, 0.25) is 0 Å². The number of rotatable bonds is 1. The Morgan fingerprint density at radius 1 is 1.18 bits per heavy atom. The van der Waals surface area contributed by atoms with Gasteiger partial charge in [-0.1, -0.05) is 23.7 Å². The molecular weight excluding hydrogens is 179 g/mol. The van der Waals surface area contributed by atoms with Crippen molar-refractivity contribution in [3.05, 3.63) is 34.9 Å². The summed E-state index contributed by atoms with van der Waals surface area (Å²) in [6, 6.07) is 7.93. The molecule has 0 saturated heterocycles. The van der Waals surface area contributed by atoms with E-state index in [-0.39, 0.29) is 0 Å². The van der Waals surface area contributed by atoms with Gasteiger partial charge in [0.1, 0.15) is 0 Å². The molecule has 1 saturated carbocycles. The Bertz CT molecular complexity index is 253. The Hall–Kier alpha value is -0.200. The molecular formula is C9H8Cl2. The van der Waals surface area contributed by atoms with Gasteiger partial charge in [-0.05, 0) is 24.1 Å². The van der Waals surface area contributed by atoms with Gasteiger partial charge in [0.15, 0.2) is 0 Å². The fourth-order valence-electron chi connectivity index (χ4n) is 1.22. The van der Waals surface area contributed by atoms with E-state index in [9.17, 15) is 0 Å². The Balaban J connectivity index is 2.21. The summed E-state index contributed by atoms with van der Waals surface area (Å²) < 4.78 is 0. The quantitative estimate of drug-likeness (QED) is 0.590. The maximum absolute atomic E-state index is 5.89. The van der Waals surface area contributed by atoms with Gasteiger partial charge in [-0.15, -0.1) is 11.6 Å². The van der Waals surface area contributed by atoms with E-state index < -0.39 is 0 Å². The van der Waals surface area contributed by atoms with E-state index in [1.54, 1.807) is 0 Å². The minimum absolute atomic E-state index is 0.358. The third-order valence-corrected chi connectivity index (χ3v) is 2.75. The molecule has 1 fully saturated rings. The molecule has 2 rings (SSSR count). The van der Waals surface area contributed by atoms with E-state index >= 15 is 0 Å². The van der Waals surface area contributed by atoms with Crippen LogP contribution in [0.5, 0.6) is 0 Å². The van der Waals surface area contributed by atoms with Crippen LogP contribution in [-0.4, -0.2) is 5.38 Å². The van der Waals surface area contributed by atoms with Gasteiger partial charge in [0.05, 0.1) is 0 Å². The van der Waals surface area contributed by atoms with Gasteiger partial charge in [0.25, 0.3) is 0 Å². The van der Waals surface area contributed by atoms with Crippen molar-refractivity contribution in [2.75, 3.05) is 0 Å². The van der Waals surface area contributed by atoms with E-state index in [1.165, 1.54) is 5.56 Å². The lowest BCUT2D eigenvalue weighted by Gasteiger charge is -1.96. The summed E-state index contributed by atoms with van der Waals surface area (Å²) in [6.45, 7) is 0. The van der Waals surface area contributed by atoms with Crippen molar-refractivity contribution in [2.24, 2.45) is 0 Å². The summed E-state index contributed by atoms with van der Waals surface area (Å²) in [4.78, 5) is 0. The monoisotopic (exact) mass is 186 g/mol.